The zero-order chi connectivity index (χ0) is 24.4. The van der Waals surface area contributed by atoms with Crippen molar-refractivity contribution in [2.24, 2.45) is 0 Å². The summed E-state index contributed by atoms with van der Waals surface area (Å²) in [5.41, 5.74) is 0.756. The molecule has 3 heterocycles. The van der Waals surface area contributed by atoms with E-state index >= 15 is 0 Å². The number of rotatable bonds is 7. The standard InChI is InChI=1S/C25H22N4O6/c1-2-8-29-22-19(24(31)28-25(29)32)10-16(12-26-22)23(30)27-17-5-3-4-15(9-17)13-33-18-6-7-20-21(11-18)35-14-34-20/h3-7,9-12H,2,8,13-14H2,1H3,(H,27,30)(H,28,31,32). The summed E-state index contributed by atoms with van der Waals surface area (Å²) >= 11 is 0. The van der Waals surface area contributed by atoms with E-state index in [4.69, 9.17) is 14.2 Å². The van der Waals surface area contributed by atoms with Crippen LogP contribution in [0, 0.1) is 0 Å². The number of pyridine rings is 1. The highest BCUT2D eigenvalue weighted by Gasteiger charge is 2.15. The molecule has 1 aliphatic heterocycles. The van der Waals surface area contributed by atoms with Crippen molar-refractivity contribution < 1.29 is 19.0 Å². The van der Waals surface area contributed by atoms with Crippen LogP contribution in [0.1, 0.15) is 29.3 Å². The number of anilines is 1. The molecule has 5 rings (SSSR count). The lowest BCUT2D eigenvalue weighted by molar-refractivity contribution is 0.102. The Labute approximate surface area is 199 Å². The molecule has 0 atom stereocenters. The smallest absolute Gasteiger partial charge is 0.329 e. The monoisotopic (exact) mass is 474 g/mol. The van der Waals surface area contributed by atoms with E-state index in [1.54, 1.807) is 36.4 Å². The molecule has 0 unspecified atom stereocenters. The topological polar surface area (TPSA) is 125 Å². The minimum atomic E-state index is -0.581. The summed E-state index contributed by atoms with van der Waals surface area (Å²) in [4.78, 5) is 43.8. The third kappa shape index (κ3) is 4.58. The van der Waals surface area contributed by atoms with Gasteiger partial charge in [-0.05, 0) is 42.3 Å². The Bertz CT molecular complexity index is 1540. The van der Waals surface area contributed by atoms with Gasteiger partial charge in [-0.3, -0.25) is 19.1 Å². The van der Waals surface area contributed by atoms with Crippen molar-refractivity contribution >= 4 is 22.6 Å². The van der Waals surface area contributed by atoms with Gasteiger partial charge in [-0.25, -0.2) is 9.78 Å². The number of carbonyl (C=O) groups is 1. The number of aromatic amines is 1. The van der Waals surface area contributed by atoms with E-state index < -0.39 is 17.2 Å². The highest BCUT2D eigenvalue weighted by Crippen LogP contribution is 2.35. The molecule has 0 saturated heterocycles. The van der Waals surface area contributed by atoms with Crippen LogP contribution >= 0.6 is 0 Å². The lowest BCUT2D eigenvalue weighted by Gasteiger charge is -2.11. The van der Waals surface area contributed by atoms with Gasteiger partial charge in [0.05, 0.1) is 10.9 Å². The molecule has 0 spiro atoms. The lowest BCUT2D eigenvalue weighted by atomic mass is 10.2. The number of hydrogen-bond acceptors (Lipinski definition) is 7. The number of benzene rings is 2. The summed E-state index contributed by atoms with van der Waals surface area (Å²) < 4.78 is 17.9. The maximum absolute atomic E-state index is 12.9. The fraction of sp³-hybridized carbons (Fsp3) is 0.200. The number of nitrogens with zero attached hydrogens (tertiary/aromatic N) is 2. The Balaban J connectivity index is 1.31. The molecule has 178 valence electrons. The second-order valence-corrected chi connectivity index (χ2v) is 7.96. The normalized spacial score (nSPS) is 12.0. The van der Waals surface area contributed by atoms with Crippen molar-refractivity contribution in [1.29, 1.82) is 0 Å². The fourth-order valence-corrected chi connectivity index (χ4v) is 3.80. The number of nitrogens with one attached hydrogen (secondary N) is 2. The molecule has 4 aromatic rings. The first-order valence-electron chi connectivity index (χ1n) is 11.1. The van der Waals surface area contributed by atoms with Crippen LogP contribution in [0.15, 0.2) is 64.3 Å². The average molecular weight is 474 g/mol. The zero-order valence-electron chi connectivity index (χ0n) is 18.9. The molecule has 10 heteroatoms. The van der Waals surface area contributed by atoms with Gasteiger partial charge >= 0.3 is 5.69 Å². The van der Waals surface area contributed by atoms with E-state index in [2.05, 4.69) is 15.3 Å². The molecule has 0 radical (unpaired) electrons. The van der Waals surface area contributed by atoms with Crippen LogP contribution in [0.2, 0.25) is 0 Å². The van der Waals surface area contributed by atoms with Gasteiger partial charge in [0.1, 0.15) is 18.0 Å². The zero-order valence-corrected chi connectivity index (χ0v) is 18.9. The Morgan fingerprint density at radius 2 is 2.00 bits per heavy atom. The Morgan fingerprint density at radius 3 is 2.86 bits per heavy atom. The maximum Gasteiger partial charge on any atom is 0.329 e. The number of aryl methyl sites for hydroxylation is 1. The summed E-state index contributed by atoms with van der Waals surface area (Å²) in [6.45, 7) is 2.80. The summed E-state index contributed by atoms with van der Waals surface area (Å²) in [6.07, 6.45) is 2.05. The largest absolute Gasteiger partial charge is 0.489 e. The molecule has 1 amide bonds. The SMILES string of the molecule is CCCn1c(=O)[nH]c(=O)c2cc(C(=O)Nc3cccc(COc4ccc5c(c4)OCO5)c3)cnc21. The van der Waals surface area contributed by atoms with Crippen molar-refractivity contribution in [3.8, 4) is 17.2 Å². The number of H-pyrrole nitrogens is 1. The summed E-state index contributed by atoms with van der Waals surface area (Å²) in [5, 5.41) is 2.99. The third-order valence-electron chi connectivity index (χ3n) is 5.48. The number of ether oxygens (including phenoxy) is 3. The van der Waals surface area contributed by atoms with Crippen LogP contribution in [-0.2, 0) is 13.2 Å². The van der Waals surface area contributed by atoms with E-state index in [9.17, 15) is 14.4 Å². The van der Waals surface area contributed by atoms with Gasteiger partial charge in [-0.15, -0.1) is 0 Å². The van der Waals surface area contributed by atoms with Gasteiger partial charge in [0, 0.05) is 24.5 Å². The second-order valence-electron chi connectivity index (χ2n) is 7.96. The molecule has 0 bridgehead atoms. The van der Waals surface area contributed by atoms with Crippen LogP contribution in [0.3, 0.4) is 0 Å². The van der Waals surface area contributed by atoms with Gasteiger partial charge < -0.3 is 19.5 Å². The maximum atomic E-state index is 12.9. The third-order valence-corrected chi connectivity index (χ3v) is 5.48. The number of carbonyl (C=O) groups excluding carboxylic acids is 1. The molecule has 35 heavy (non-hydrogen) atoms. The first-order valence-corrected chi connectivity index (χ1v) is 11.1. The Kier molecular flexibility index (Phi) is 5.92. The van der Waals surface area contributed by atoms with Crippen molar-refractivity contribution in [1.82, 2.24) is 14.5 Å². The van der Waals surface area contributed by atoms with Crippen molar-refractivity contribution in [3.05, 3.63) is 86.7 Å². The fourth-order valence-electron chi connectivity index (χ4n) is 3.80. The van der Waals surface area contributed by atoms with Crippen LogP contribution in [0.5, 0.6) is 17.2 Å². The van der Waals surface area contributed by atoms with Gasteiger partial charge in [0.25, 0.3) is 11.5 Å². The molecule has 2 aromatic carbocycles. The minimum Gasteiger partial charge on any atom is -0.489 e. The van der Waals surface area contributed by atoms with Gasteiger partial charge in [0.2, 0.25) is 6.79 Å². The average Bonchev–Trinajstić information content (AvgIpc) is 3.33. The first kappa shape index (κ1) is 22.2. The molecule has 0 fully saturated rings. The van der Waals surface area contributed by atoms with Crippen LogP contribution in [0.4, 0.5) is 5.69 Å². The predicted octanol–water partition coefficient (Wildman–Crippen LogP) is 3.05. The molecule has 10 nitrogen and oxygen atoms in total. The van der Waals surface area contributed by atoms with Gasteiger partial charge in [0.15, 0.2) is 11.5 Å². The van der Waals surface area contributed by atoms with E-state index in [-0.39, 0.29) is 30.0 Å². The van der Waals surface area contributed by atoms with Crippen molar-refractivity contribution in [2.75, 3.05) is 12.1 Å². The molecule has 2 aromatic heterocycles. The van der Waals surface area contributed by atoms with Crippen LogP contribution in [-0.4, -0.2) is 27.2 Å². The number of aromatic nitrogens is 3. The van der Waals surface area contributed by atoms with E-state index in [0.29, 0.717) is 35.9 Å². The number of fused-ring (bicyclic) bond motifs is 2. The number of amides is 1. The van der Waals surface area contributed by atoms with Gasteiger partial charge in [-0.1, -0.05) is 19.1 Å². The molecule has 1 aliphatic rings. The van der Waals surface area contributed by atoms with Crippen molar-refractivity contribution in [2.45, 2.75) is 26.5 Å². The predicted molar refractivity (Wildman–Crippen MR) is 128 cm³/mol. The minimum absolute atomic E-state index is 0.177. The molecule has 0 aliphatic carbocycles. The quantitative estimate of drug-likeness (QED) is 0.422. The van der Waals surface area contributed by atoms with E-state index in [1.165, 1.54) is 16.8 Å². The Morgan fingerprint density at radius 1 is 1.14 bits per heavy atom. The summed E-state index contributed by atoms with van der Waals surface area (Å²) in [5.74, 6) is 1.53. The van der Waals surface area contributed by atoms with E-state index in [0.717, 1.165) is 5.56 Å². The van der Waals surface area contributed by atoms with Crippen molar-refractivity contribution in [3.63, 3.8) is 0 Å². The van der Waals surface area contributed by atoms with Gasteiger partial charge in [-0.2, -0.15) is 0 Å². The molecular formula is C25H22N4O6. The highest BCUT2D eigenvalue weighted by molar-refractivity contribution is 6.05. The summed E-state index contributed by atoms with van der Waals surface area (Å²) in [6, 6.07) is 14.0. The van der Waals surface area contributed by atoms with Crippen LogP contribution in [0.25, 0.3) is 11.0 Å². The lowest BCUT2D eigenvalue weighted by Crippen LogP contribution is -2.31. The first-order chi connectivity index (χ1) is 17.0. The molecule has 2 N–H and O–H groups in total. The second kappa shape index (κ2) is 9.34. The Hall–Kier alpha value is -4.60. The highest BCUT2D eigenvalue weighted by atomic mass is 16.7. The summed E-state index contributed by atoms with van der Waals surface area (Å²) in [7, 11) is 0. The molecule has 0 saturated carbocycles. The van der Waals surface area contributed by atoms with E-state index in [1.807, 2.05) is 13.0 Å². The van der Waals surface area contributed by atoms with Crippen LogP contribution < -0.4 is 30.8 Å². The molecular weight excluding hydrogens is 452 g/mol. The number of hydrogen-bond donors (Lipinski definition) is 2.